The molecular formula is C20H24FN9O2S. The van der Waals surface area contributed by atoms with Crippen LogP contribution in [0.1, 0.15) is 18.5 Å². The fourth-order valence-electron chi connectivity index (χ4n) is 4.18. The van der Waals surface area contributed by atoms with Crippen molar-refractivity contribution in [1.82, 2.24) is 34.9 Å². The molecule has 0 atom stereocenters. The molecule has 2 aliphatic rings. The lowest BCUT2D eigenvalue weighted by atomic mass is 10.2. The van der Waals surface area contributed by atoms with E-state index in [0.29, 0.717) is 19.0 Å². The standard InChI is InChI=1S/C20H24FN9O2S/c1-14-12-18(28-6-2-3-7-28)23-20(22-14)29-8-10-30(11-9-29)33(31,32)15-4-5-17(21)16(13-15)19-24-26-27-25-19/h4-5,12-13H,2-3,6-11H2,1H3,(H,24,25,26,27). The van der Waals surface area contributed by atoms with Gasteiger partial charge in [-0.15, -0.1) is 10.2 Å². The number of piperazine rings is 1. The van der Waals surface area contributed by atoms with E-state index < -0.39 is 15.8 Å². The number of tetrazole rings is 1. The number of hydrogen-bond acceptors (Lipinski definition) is 9. The van der Waals surface area contributed by atoms with Crippen molar-refractivity contribution in [2.45, 2.75) is 24.7 Å². The fraction of sp³-hybridized carbons (Fsp3) is 0.450. The van der Waals surface area contributed by atoms with Crippen LogP contribution in [0.3, 0.4) is 0 Å². The quantitative estimate of drug-likeness (QED) is 0.582. The summed E-state index contributed by atoms with van der Waals surface area (Å²) in [5, 5.41) is 13.2. The van der Waals surface area contributed by atoms with Crippen molar-refractivity contribution in [3.05, 3.63) is 35.8 Å². The lowest BCUT2D eigenvalue weighted by Crippen LogP contribution is -2.49. The van der Waals surface area contributed by atoms with Gasteiger partial charge in [-0.1, -0.05) is 0 Å². The third-order valence-corrected chi connectivity index (χ3v) is 7.84. The third kappa shape index (κ3) is 4.25. The van der Waals surface area contributed by atoms with Gasteiger partial charge in [0.1, 0.15) is 11.6 Å². The van der Waals surface area contributed by atoms with Crippen LogP contribution in [0.5, 0.6) is 0 Å². The molecule has 2 fully saturated rings. The van der Waals surface area contributed by atoms with Gasteiger partial charge in [-0.3, -0.25) is 0 Å². The molecule has 33 heavy (non-hydrogen) atoms. The van der Waals surface area contributed by atoms with E-state index in [9.17, 15) is 12.8 Å². The molecule has 11 nitrogen and oxygen atoms in total. The highest BCUT2D eigenvalue weighted by atomic mass is 32.2. The predicted molar refractivity (Wildman–Crippen MR) is 119 cm³/mol. The number of sulfonamides is 1. The summed E-state index contributed by atoms with van der Waals surface area (Å²) in [5.41, 5.74) is 0.864. The maximum Gasteiger partial charge on any atom is 0.243 e. The molecule has 5 rings (SSSR count). The second kappa shape index (κ2) is 8.63. The van der Waals surface area contributed by atoms with Crippen LogP contribution in [0.25, 0.3) is 11.4 Å². The van der Waals surface area contributed by atoms with E-state index in [1.54, 1.807) is 0 Å². The van der Waals surface area contributed by atoms with Gasteiger partial charge in [0.2, 0.25) is 21.8 Å². The summed E-state index contributed by atoms with van der Waals surface area (Å²) in [6.45, 7) is 5.39. The van der Waals surface area contributed by atoms with Gasteiger partial charge in [0.05, 0.1) is 10.5 Å². The monoisotopic (exact) mass is 473 g/mol. The van der Waals surface area contributed by atoms with Crippen molar-refractivity contribution in [1.29, 1.82) is 0 Å². The molecule has 1 N–H and O–H groups in total. The summed E-state index contributed by atoms with van der Waals surface area (Å²) >= 11 is 0. The number of halogens is 1. The van der Waals surface area contributed by atoms with Gasteiger partial charge in [-0.25, -0.2) is 17.8 Å². The molecule has 0 saturated carbocycles. The van der Waals surface area contributed by atoms with Crippen molar-refractivity contribution in [3.63, 3.8) is 0 Å². The Labute approximate surface area is 190 Å². The molecule has 13 heteroatoms. The van der Waals surface area contributed by atoms with Crippen LogP contribution in [0.4, 0.5) is 16.2 Å². The van der Waals surface area contributed by atoms with Gasteiger partial charge in [-0.2, -0.15) is 14.5 Å². The van der Waals surface area contributed by atoms with Crippen molar-refractivity contribution in [2.75, 3.05) is 49.1 Å². The number of benzene rings is 1. The SMILES string of the molecule is Cc1cc(N2CCCC2)nc(N2CCN(S(=O)(=O)c3ccc(F)c(-c4nn[nH]n4)c3)CC2)n1. The number of aryl methyl sites for hydroxylation is 1. The number of anilines is 2. The minimum absolute atomic E-state index is 0.000211. The van der Waals surface area contributed by atoms with Crippen molar-refractivity contribution < 1.29 is 12.8 Å². The predicted octanol–water partition coefficient (Wildman–Crippen LogP) is 1.22. The summed E-state index contributed by atoms with van der Waals surface area (Å²) in [6.07, 6.45) is 2.32. The molecule has 4 heterocycles. The minimum Gasteiger partial charge on any atom is -0.356 e. The molecule has 3 aromatic rings. The molecule has 0 spiro atoms. The van der Waals surface area contributed by atoms with E-state index in [-0.39, 0.29) is 29.4 Å². The highest BCUT2D eigenvalue weighted by Gasteiger charge is 2.30. The first-order chi connectivity index (χ1) is 15.9. The summed E-state index contributed by atoms with van der Waals surface area (Å²) in [4.78, 5) is 13.6. The number of nitrogens with one attached hydrogen (secondary N) is 1. The molecular weight excluding hydrogens is 449 g/mol. The van der Waals surface area contributed by atoms with Crippen LogP contribution in [-0.4, -0.2) is 82.6 Å². The summed E-state index contributed by atoms with van der Waals surface area (Å²) < 4.78 is 42.1. The number of nitrogens with zero attached hydrogens (tertiary/aromatic N) is 8. The highest BCUT2D eigenvalue weighted by Crippen LogP contribution is 2.26. The van der Waals surface area contributed by atoms with Crippen LogP contribution in [0.15, 0.2) is 29.2 Å². The Morgan fingerprint density at radius 3 is 2.42 bits per heavy atom. The van der Waals surface area contributed by atoms with Gasteiger partial charge in [0.25, 0.3) is 0 Å². The first-order valence-electron chi connectivity index (χ1n) is 10.8. The Kier molecular flexibility index (Phi) is 5.66. The molecule has 0 unspecified atom stereocenters. The second-order valence-corrected chi connectivity index (χ2v) is 10.1. The van der Waals surface area contributed by atoms with Crippen LogP contribution in [0.2, 0.25) is 0 Å². The molecule has 0 radical (unpaired) electrons. The Bertz CT molecular complexity index is 1240. The minimum atomic E-state index is -3.82. The molecule has 0 amide bonds. The molecule has 174 valence electrons. The Morgan fingerprint density at radius 2 is 1.73 bits per heavy atom. The molecule has 1 aromatic carbocycles. The van der Waals surface area contributed by atoms with Gasteiger partial charge in [0, 0.05) is 51.0 Å². The number of aromatic nitrogens is 6. The van der Waals surface area contributed by atoms with Crippen LogP contribution in [0, 0.1) is 12.7 Å². The largest absolute Gasteiger partial charge is 0.356 e. The first kappa shape index (κ1) is 21.6. The molecule has 2 aliphatic heterocycles. The lowest BCUT2D eigenvalue weighted by molar-refractivity contribution is 0.382. The smallest absolute Gasteiger partial charge is 0.243 e. The van der Waals surface area contributed by atoms with E-state index in [1.165, 1.54) is 16.4 Å². The van der Waals surface area contributed by atoms with Gasteiger partial charge in [0.15, 0.2) is 0 Å². The van der Waals surface area contributed by atoms with E-state index in [2.05, 4.69) is 30.5 Å². The molecule has 2 saturated heterocycles. The number of hydrogen-bond donors (Lipinski definition) is 1. The van der Waals surface area contributed by atoms with Crippen LogP contribution < -0.4 is 9.80 Å². The van der Waals surface area contributed by atoms with Crippen molar-refractivity contribution in [3.8, 4) is 11.4 Å². The van der Waals surface area contributed by atoms with E-state index in [1.807, 2.05) is 17.9 Å². The van der Waals surface area contributed by atoms with E-state index in [4.69, 9.17) is 4.98 Å². The van der Waals surface area contributed by atoms with Crippen LogP contribution in [-0.2, 0) is 10.0 Å². The third-order valence-electron chi connectivity index (χ3n) is 5.94. The highest BCUT2D eigenvalue weighted by molar-refractivity contribution is 7.89. The second-order valence-electron chi connectivity index (χ2n) is 8.13. The number of H-pyrrole nitrogens is 1. The van der Waals surface area contributed by atoms with Gasteiger partial charge >= 0.3 is 0 Å². The Balaban J connectivity index is 1.33. The van der Waals surface area contributed by atoms with Crippen molar-refractivity contribution in [2.24, 2.45) is 0 Å². The van der Waals surface area contributed by atoms with E-state index >= 15 is 0 Å². The van der Waals surface area contributed by atoms with Gasteiger partial charge < -0.3 is 9.80 Å². The Hall–Kier alpha value is -3.19. The average Bonchev–Trinajstić information content (AvgIpc) is 3.54. The summed E-state index contributed by atoms with van der Waals surface area (Å²) in [6, 6.07) is 5.60. The van der Waals surface area contributed by atoms with Crippen molar-refractivity contribution >= 4 is 21.8 Å². The fourth-order valence-corrected chi connectivity index (χ4v) is 5.62. The maximum atomic E-state index is 14.2. The number of rotatable bonds is 5. The zero-order chi connectivity index (χ0) is 23.0. The molecule has 0 aliphatic carbocycles. The topological polar surface area (TPSA) is 124 Å². The molecule has 2 aromatic heterocycles. The number of aromatic amines is 1. The first-order valence-corrected chi connectivity index (χ1v) is 12.2. The summed E-state index contributed by atoms with van der Waals surface area (Å²) in [5.74, 6) is 0.922. The maximum absolute atomic E-state index is 14.2. The normalized spacial score (nSPS) is 17.6. The zero-order valence-electron chi connectivity index (χ0n) is 18.1. The van der Waals surface area contributed by atoms with Gasteiger partial charge in [-0.05, 0) is 43.2 Å². The zero-order valence-corrected chi connectivity index (χ0v) is 19.0. The summed E-state index contributed by atoms with van der Waals surface area (Å²) in [7, 11) is -3.82. The van der Waals surface area contributed by atoms with E-state index in [0.717, 1.165) is 43.5 Å². The molecule has 0 bridgehead atoms. The Morgan fingerprint density at radius 1 is 0.970 bits per heavy atom. The lowest BCUT2D eigenvalue weighted by Gasteiger charge is -2.34. The average molecular weight is 474 g/mol. The van der Waals surface area contributed by atoms with Crippen LogP contribution >= 0.6 is 0 Å².